The van der Waals surface area contributed by atoms with E-state index in [0.29, 0.717) is 21.7 Å². The Balaban J connectivity index is 1.81. The molecule has 1 amide bonds. The molecule has 0 atom stereocenters. The van der Waals surface area contributed by atoms with Crippen molar-refractivity contribution >= 4 is 28.7 Å². The molecule has 0 aliphatic carbocycles. The van der Waals surface area contributed by atoms with Crippen molar-refractivity contribution in [2.45, 2.75) is 0 Å². The molecule has 1 N–H and O–H groups in total. The lowest BCUT2D eigenvalue weighted by atomic mass is 10.0. The fourth-order valence-corrected chi connectivity index (χ4v) is 2.71. The number of ketones is 1. The molecule has 0 aliphatic rings. The first-order valence-electron chi connectivity index (χ1n) is 6.79. The number of anilines is 1. The summed E-state index contributed by atoms with van der Waals surface area (Å²) < 4.78 is 0. The van der Waals surface area contributed by atoms with E-state index in [0.717, 1.165) is 0 Å². The molecule has 0 bridgehead atoms. The smallest absolute Gasteiger partial charge is 0.265 e. The third-order valence-corrected chi connectivity index (χ3v) is 4.03. The molecule has 1 heterocycles. The van der Waals surface area contributed by atoms with Gasteiger partial charge in [-0.15, -0.1) is 11.3 Å². The molecule has 3 aromatic rings. The maximum absolute atomic E-state index is 12.4. The van der Waals surface area contributed by atoms with Gasteiger partial charge < -0.3 is 5.32 Å². The van der Waals surface area contributed by atoms with Crippen LogP contribution in [0.4, 0.5) is 5.69 Å². The SMILES string of the molecule is O=C(c1ccccc1)c1cccc(NC(=O)c2cccs2)c1. The van der Waals surface area contributed by atoms with Crippen LogP contribution in [0, 0.1) is 0 Å². The van der Waals surface area contributed by atoms with Gasteiger partial charge in [0.2, 0.25) is 0 Å². The Bertz CT molecular complexity index is 795. The Morgan fingerprint density at radius 3 is 2.32 bits per heavy atom. The van der Waals surface area contributed by atoms with Gasteiger partial charge in [0.25, 0.3) is 5.91 Å². The Kier molecular flexibility index (Phi) is 4.12. The van der Waals surface area contributed by atoms with Crippen molar-refractivity contribution < 1.29 is 9.59 Å². The van der Waals surface area contributed by atoms with Crippen LogP contribution >= 0.6 is 11.3 Å². The summed E-state index contributed by atoms with van der Waals surface area (Å²) in [5, 5.41) is 4.66. The zero-order valence-corrected chi connectivity index (χ0v) is 12.5. The molecule has 3 nitrogen and oxygen atoms in total. The Morgan fingerprint density at radius 2 is 1.59 bits per heavy atom. The Labute approximate surface area is 132 Å². The summed E-state index contributed by atoms with van der Waals surface area (Å²) in [4.78, 5) is 25.1. The summed E-state index contributed by atoms with van der Waals surface area (Å²) in [6, 6.07) is 19.6. The molecule has 0 spiro atoms. The fraction of sp³-hybridized carbons (Fsp3) is 0. The molecule has 108 valence electrons. The lowest BCUT2D eigenvalue weighted by Gasteiger charge is -2.06. The summed E-state index contributed by atoms with van der Waals surface area (Å²) in [5.41, 5.74) is 1.79. The number of amides is 1. The van der Waals surface area contributed by atoms with E-state index in [1.54, 1.807) is 42.5 Å². The van der Waals surface area contributed by atoms with Gasteiger partial charge >= 0.3 is 0 Å². The summed E-state index contributed by atoms with van der Waals surface area (Å²) >= 11 is 1.38. The van der Waals surface area contributed by atoms with Gasteiger partial charge in [-0.1, -0.05) is 48.5 Å². The van der Waals surface area contributed by atoms with Crippen LogP contribution in [0.3, 0.4) is 0 Å². The average molecular weight is 307 g/mol. The van der Waals surface area contributed by atoms with Gasteiger partial charge in [-0.05, 0) is 23.6 Å². The maximum Gasteiger partial charge on any atom is 0.265 e. The minimum Gasteiger partial charge on any atom is -0.321 e. The molecule has 3 rings (SSSR count). The number of hydrogen-bond acceptors (Lipinski definition) is 3. The molecule has 22 heavy (non-hydrogen) atoms. The van der Waals surface area contributed by atoms with Crippen molar-refractivity contribution in [3.8, 4) is 0 Å². The van der Waals surface area contributed by atoms with Crippen LogP contribution in [0.5, 0.6) is 0 Å². The molecule has 0 fully saturated rings. The van der Waals surface area contributed by atoms with Crippen LogP contribution in [0.1, 0.15) is 25.6 Å². The maximum atomic E-state index is 12.4. The first-order valence-corrected chi connectivity index (χ1v) is 7.67. The zero-order chi connectivity index (χ0) is 15.4. The number of carbonyl (C=O) groups is 2. The van der Waals surface area contributed by atoms with Gasteiger partial charge in [0, 0.05) is 16.8 Å². The van der Waals surface area contributed by atoms with E-state index in [1.807, 2.05) is 29.6 Å². The monoisotopic (exact) mass is 307 g/mol. The van der Waals surface area contributed by atoms with Gasteiger partial charge in [0.15, 0.2) is 5.78 Å². The van der Waals surface area contributed by atoms with E-state index in [9.17, 15) is 9.59 Å². The van der Waals surface area contributed by atoms with Crippen molar-refractivity contribution in [3.63, 3.8) is 0 Å². The zero-order valence-electron chi connectivity index (χ0n) is 11.7. The molecule has 4 heteroatoms. The molecule has 2 aromatic carbocycles. The van der Waals surface area contributed by atoms with Gasteiger partial charge in [-0.3, -0.25) is 9.59 Å². The number of hydrogen-bond donors (Lipinski definition) is 1. The second-order valence-corrected chi connectivity index (χ2v) is 5.66. The predicted molar refractivity (Wildman–Crippen MR) is 88.6 cm³/mol. The van der Waals surface area contributed by atoms with E-state index >= 15 is 0 Å². The quantitative estimate of drug-likeness (QED) is 0.733. The first-order chi connectivity index (χ1) is 10.7. The number of carbonyl (C=O) groups excluding carboxylic acids is 2. The normalized spacial score (nSPS) is 10.2. The summed E-state index contributed by atoms with van der Waals surface area (Å²) in [6.07, 6.45) is 0. The van der Waals surface area contributed by atoms with Crippen LogP contribution in [-0.2, 0) is 0 Å². The van der Waals surface area contributed by atoms with Crippen LogP contribution in [-0.4, -0.2) is 11.7 Å². The average Bonchev–Trinajstić information content (AvgIpc) is 3.10. The predicted octanol–water partition coefficient (Wildman–Crippen LogP) is 4.23. The number of thiophene rings is 1. The van der Waals surface area contributed by atoms with Crippen molar-refractivity contribution in [1.29, 1.82) is 0 Å². The number of nitrogens with one attached hydrogen (secondary N) is 1. The van der Waals surface area contributed by atoms with E-state index in [4.69, 9.17) is 0 Å². The summed E-state index contributed by atoms with van der Waals surface area (Å²) in [7, 11) is 0. The van der Waals surface area contributed by atoms with E-state index < -0.39 is 0 Å². The number of rotatable bonds is 4. The lowest BCUT2D eigenvalue weighted by Crippen LogP contribution is -2.11. The Morgan fingerprint density at radius 1 is 0.818 bits per heavy atom. The molecular weight excluding hydrogens is 294 g/mol. The van der Waals surface area contributed by atoms with Crippen LogP contribution in [0.15, 0.2) is 72.1 Å². The third kappa shape index (κ3) is 3.13. The second-order valence-electron chi connectivity index (χ2n) is 4.71. The minimum absolute atomic E-state index is 0.0622. The highest BCUT2D eigenvalue weighted by Gasteiger charge is 2.11. The molecule has 0 saturated heterocycles. The van der Waals surface area contributed by atoms with E-state index in [-0.39, 0.29) is 11.7 Å². The van der Waals surface area contributed by atoms with Crippen molar-refractivity contribution in [2.24, 2.45) is 0 Å². The molecule has 1 aromatic heterocycles. The minimum atomic E-state index is -0.167. The fourth-order valence-electron chi connectivity index (χ4n) is 2.09. The van der Waals surface area contributed by atoms with E-state index in [1.165, 1.54) is 11.3 Å². The topological polar surface area (TPSA) is 46.2 Å². The van der Waals surface area contributed by atoms with Crippen molar-refractivity contribution in [1.82, 2.24) is 0 Å². The lowest BCUT2D eigenvalue weighted by molar-refractivity contribution is 0.102. The highest BCUT2D eigenvalue weighted by Crippen LogP contribution is 2.17. The summed E-state index contributed by atoms with van der Waals surface area (Å²) in [6.45, 7) is 0. The highest BCUT2D eigenvalue weighted by atomic mass is 32.1. The van der Waals surface area contributed by atoms with Gasteiger partial charge in [0.1, 0.15) is 0 Å². The largest absolute Gasteiger partial charge is 0.321 e. The second kappa shape index (κ2) is 6.37. The third-order valence-electron chi connectivity index (χ3n) is 3.16. The highest BCUT2D eigenvalue weighted by molar-refractivity contribution is 7.12. The molecular formula is C18H13NO2S. The standard InChI is InChI=1S/C18H13NO2S/c20-17(13-6-2-1-3-7-13)14-8-4-9-15(12-14)19-18(21)16-10-5-11-22-16/h1-12H,(H,19,21). The molecule has 0 saturated carbocycles. The number of benzene rings is 2. The summed E-state index contributed by atoms with van der Waals surface area (Å²) in [5.74, 6) is -0.230. The van der Waals surface area contributed by atoms with Gasteiger partial charge in [-0.25, -0.2) is 0 Å². The molecule has 0 unspecified atom stereocenters. The van der Waals surface area contributed by atoms with Gasteiger partial charge in [-0.2, -0.15) is 0 Å². The molecule has 0 radical (unpaired) electrons. The van der Waals surface area contributed by atoms with Crippen molar-refractivity contribution in [3.05, 3.63) is 88.1 Å². The van der Waals surface area contributed by atoms with Crippen LogP contribution in [0.2, 0.25) is 0 Å². The van der Waals surface area contributed by atoms with Gasteiger partial charge in [0.05, 0.1) is 4.88 Å². The Hall–Kier alpha value is -2.72. The van der Waals surface area contributed by atoms with Crippen LogP contribution < -0.4 is 5.32 Å². The van der Waals surface area contributed by atoms with E-state index in [2.05, 4.69) is 5.32 Å². The van der Waals surface area contributed by atoms with Crippen molar-refractivity contribution in [2.75, 3.05) is 5.32 Å². The molecule has 0 aliphatic heterocycles. The first kappa shape index (κ1) is 14.2. The van der Waals surface area contributed by atoms with Crippen LogP contribution in [0.25, 0.3) is 0 Å².